The Bertz CT molecular complexity index is 510. The molecule has 0 aliphatic rings. The van der Waals surface area contributed by atoms with Crippen molar-refractivity contribution >= 4 is 11.6 Å². The molecule has 1 aromatic rings. The molecule has 1 amide bonds. The van der Waals surface area contributed by atoms with Gasteiger partial charge in [-0.15, -0.1) is 0 Å². The third-order valence-electron chi connectivity index (χ3n) is 3.01. The van der Waals surface area contributed by atoms with Gasteiger partial charge in [0.15, 0.2) is 0 Å². The fourth-order valence-electron chi connectivity index (χ4n) is 1.74. The normalized spacial score (nSPS) is 10.7. The molecule has 0 unspecified atom stereocenters. The zero-order valence-electron chi connectivity index (χ0n) is 12.2. The van der Waals surface area contributed by atoms with E-state index in [1.807, 2.05) is 24.3 Å². The van der Waals surface area contributed by atoms with E-state index in [9.17, 15) is 4.79 Å². The van der Waals surface area contributed by atoms with Gasteiger partial charge in [0.25, 0.3) is 0 Å². The van der Waals surface area contributed by atoms with Crippen molar-refractivity contribution in [2.24, 2.45) is 0 Å². The van der Waals surface area contributed by atoms with Crippen LogP contribution in [0.3, 0.4) is 0 Å². The van der Waals surface area contributed by atoms with Crippen molar-refractivity contribution in [3.05, 3.63) is 23.8 Å². The molecule has 0 N–H and O–H groups in total. The van der Waals surface area contributed by atoms with Crippen LogP contribution in [0, 0.1) is 11.3 Å². The summed E-state index contributed by atoms with van der Waals surface area (Å²) < 4.78 is 5.29. The molecule has 0 heterocycles. The number of nitriles is 1. The second kappa shape index (κ2) is 5.75. The van der Waals surface area contributed by atoms with Crippen LogP contribution in [0.1, 0.15) is 32.8 Å². The number of hydrogen-bond acceptors (Lipinski definition) is 3. The molecule has 0 radical (unpaired) electrons. The van der Waals surface area contributed by atoms with Gasteiger partial charge in [0, 0.05) is 7.05 Å². The number of rotatable bonds is 3. The van der Waals surface area contributed by atoms with E-state index in [1.165, 1.54) is 4.90 Å². The second-order valence-corrected chi connectivity index (χ2v) is 5.42. The van der Waals surface area contributed by atoms with Crippen molar-refractivity contribution in [2.45, 2.75) is 32.6 Å². The lowest BCUT2D eigenvalue weighted by atomic mass is 9.86. The Hall–Kier alpha value is -2.02. The third kappa shape index (κ3) is 3.47. The van der Waals surface area contributed by atoms with E-state index < -0.39 is 0 Å². The van der Waals surface area contributed by atoms with Crippen molar-refractivity contribution in [3.63, 3.8) is 0 Å². The van der Waals surface area contributed by atoms with Gasteiger partial charge in [-0.25, -0.2) is 0 Å². The summed E-state index contributed by atoms with van der Waals surface area (Å²) in [5.74, 6) is 0.383. The molecule has 0 saturated carbocycles. The summed E-state index contributed by atoms with van der Waals surface area (Å²) in [5, 5.41) is 8.61. The maximum absolute atomic E-state index is 11.8. The number of benzene rings is 1. The van der Waals surface area contributed by atoms with E-state index >= 15 is 0 Å². The number of methoxy groups -OCH3 is 1. The minimum atomic E-state index is -0.244. The summed E-state index contributed by atoms with van der Waals surface area (Å²) in [7, 11) is 3.22. The van der Waals surface area contributed by atoms with E-state index in [4.69, 9.17) is 10.00 Å². The maximum atomic E-state index is 11.8. The first-order chi connectivity index (χ1) is 8.81. The Morgan fingerprint density at radius 1 is 1.42 bits per heavy atom. The van der Waals surface area contributed by atoms with Crippen molar-refractivity contribution in [3.8, 4) is 11.8 Å². The molecule has 0 fully saturated rings. The monoisotopic (exact) mass is 260 g/mol. The van der Waals surface area contributed by atoms with Gasteiger partial charge in [-0.05, 0) is 23.1 Å². The van der Waals surface area contributed by atoms with Crippen LogP contribution in [0.4, 0.5) is 5.69 Å². The average Bonchev–Trinajstić information content (AvgIpc) is 2.36. The molecular weight excluding hydrogens is 240 g/mol. The number of hydrogen-bond donors (Lipinski definition) is 0. The number of ether oxygens (including phenoxy) is 1. The predicted molar refractivity (Wildman–Crippen MR) is 75.3 cm³/mol. The Morgan fingerprint density at radius 3 is 2.53 bits per heavy atom. The maximum Gasteiger partial charge on any atom is 0.241 e. The highest BCUT2D eigenvalue weighted by molar-refractivity contribution is 5.95. The molecule has 19 heavy (non-hydrogen) atoms. The molecule has 0 saturated heterocycles. The van der Waals surface area contributed by atoms with Gasteiger partial charge in [-0.3, -0.25) is 4.79 Å². The topological polar surface area (TPSA) is 53.3 Å². The summed E-state index contributed by atoms with van der Waals surface area (Å²) in [5.41, 5.74) is 1.79. The highest BCUT2D eigenvalue weighted by atomic mass is 16.5. The van der Waals surface area contributed by atoms with Gasteiger partial charge in [0.05, 0.1) is 18.9 Å². The Kier molecular flexibility index (Phi) is 4.55. The summed E-state index contributed by atoms with van der Waals surface area (Å²) in [6.07, 6.45) is -0.139. The first-order valence-corrected chi connectivity index (χ1v) is 6.13. The van der Waals surface area contributed by atoms with E-state index in [2.05, 4.69) is 20.8 Å². The zero-order valence-corrected chi connectivity index (χ0v) is 12.2. The van der Waals surface area contributed by atoms with Crippen LogP contribution in [0.5, 0.6) is 5.75 Å². The Morgan fingerprint density at radius 2 is 2.05 bits per heavy atom. The zero-order chi connectivity index (χ0) is 14.6. The molecule has 0 spiro atoms. The third-order valence-corrected chi connectivity index (χ3v) is 3.01. The van der Waals surface area contributed by atoms with Crippen LogP contribution in [-0.2, 0) is 10.2 Å². The van der Waals surface area contributed by atoms with Crippen LogP contribution < -0.4 is 9.64 Å². The molecule has 0 aliphatic heterocycles. The summed E-state index contributed by atoms with van der Waals surface area (Å²) in [6.45, 7) is 6.32. The number of anilines is 1. The lowest BCUT2D eigenvalue weighted by Crippen LogP contribution is -2.26. The molecule has 4 heteroatoms. The first-order valence-electron chi connectivity index (χ1n) is 6.13. The SMILES string of the molecule is COc1ccc(C(C)(C)C)cc1N(C)C(=O)CC#N. The summed E-state index contributed by atoms with van der Waals surface area (Å²) in [4.78, 5) is 13.3. The molecule has 102 valence electrons. The predicted octanol–water partition coefficient (Wildman–Crippen LogP) is 2.87. The van der Waals surface area contributed by atoms with E-state index in [1.54, 1.807) is 14.2 Å². The van der Waals surface area contributed by atoms with Crippen LogP contribution in [0.15, 0.2) is 18.2 Å². The molecule has 1 rings (SSSR count). The minimum Gasteiger partial charge on any atom is -0.495 e. The molecule has 4 nitrogen and oxygen atoms in total. The fourth-order valence-corrected chi connectivity index (χ4v) is 1.74. The Balaban J connectivity index is 3.24. The van der Waals surface area contributed by atoms with Crippen molar-refractivity contribution in [1.82, 2.24) is 0 Å². The summed E-state index contributed by atoms with van der Waals surface area (Å²) in [6, 6.07) is 7.65. The second-order valence-electron chi connectivity index (χ2n) is 5.42. The molecule has 0 aromatic heterocycles. The lowest BCUT2D eigenvalue weighted by molar-refractivity contribution is -0.117. The molecule has 0 aliphatic carbocycles. The van der Waals surface area contributed by atoms with Gasteiger partial charge in [0.1, 0.15) is 12.2 Å². The Labute approximate surface area is 114 Å². The van der Waals surface area contributed by atoms with Crippen LogP contribution in [0.2, 0.25) is 0 Å². The van der Waals surface area contributed by atoms with Gasteiger partial charge in [-0.2, -0.15) is 5.26 Å². The smallest absolute Gasteiger partial charge is 0.241 e. The number of nitrogens with zero attached hydrogens (tertiary/aromatic N) is 2. The van der Waals surface area contributed by atoms with Gasteiger partial charge < -0.3 is 9.64 Å². The van der Waals surface area contributed by atoms with E-state index in [0.717, 1.165) is 5.56 Å². The van der Waals surface area contributed by atoms with Crippen LogP contribution in [0.25, 0.3) is 0 Å². The number of carbonyl (C=O) groups is 1. The van der Waals surface area contributed by atoms with E-state index in [-0.39, 0.29) is 17.7 Å². The van der Waals surface area contributed by atoms with Crippen molar-refractivity contribution in [1.29, 1.82) is 5.26 Å². The van der Waals surface area contributed by atoms with Gasteiger partial charge >= 0.3 is 0 Å². The fraction of sp³-hybridized carbons (Fsp3) is 0.467. The van der Waals surface area contributed by atoms with Crippen LogP contribution >= 0.6 is 0 Å². The largest absolute Gasteiger partial charge is 0.495 e. The lowest BCUT2D eigenvalue weighted by Gasteiger charge is -2.24. The standard InChI is InChI=1S/C15H20N2O2/c1-15(2,3)11-6-7-13(19-5)12(10-11)17(4)14(18)8-9-16/h6-7,10H,8H2,1-5H3. The summed E-state index contributed by atoms with van der Waals surface area (Å²) >= 11 is 0. The average molecular weight is 260 g/mol. The van der Waals surface area contributed by atoms with Gasteiger partial charge in [0.2, 0.25) is 5.91 Å². The molecule has 0 bridgehead atoms. The van der Waals surface area contributed by atoms with Crippen molar-refractivity contribution in [2.75, 3.05) is 19.1 Å². The van der Waals surface area contributed by atoms with Gasteiger partial charge in [-0.1, -0.05) is 26.8 Å². The number of carbonyl (C=O) groups excluding carboxylic acids is 1. The molecular formula is C15H20N2O2. The van der Waals surface area contributed by atoms with E-state index in [0.29, 0.717) is 11.4 Å². The molecule has 1 aromatic carbocycles. The first kappa shape index (κ1) is 15.0. The highest BCUT2D eigenvalue weighted by Gasteiger charge is 2.20. The van der Waals surface area contributed by atoms with Crippen LogP contribution in [-0.4, -0.2) is 20.1 Å². The number of amides is 1. The molecule has 0 atom stereocenters. The highest BCUT2D eigenvalue weighted by Crippen LogP contribution is 2.33. The quantitative estimate of drug-likeness (QED) is 0.839. The van der Waals surface area contributed by atoms with Crippen molar-refractivity contribution < 1.29 is 9.53 Å². The minimum absolute atomic E-state index is 0.0138.